The molecule has 2 N–H and O–H groups in total. The number of rotatable bonds is 4. The minimum absolute atomic E-state index is 0. The highest BCUT2D eigenvalue weighted by atomic mass is 35.5. The number of nitrogens with zero attached hydrogens (tertiary/aromatic N) is 1. The van der Waals surface area contributed by atoms with Gasteiger partial charge in [-0.05, 0) is 31.7 Å². The van der Waals surface area contributed by atoms with Crippen molar-refractivity contribution in [3.63, 3.8) is 0 Å². The van der Waals surface area contributed by atoms with E-state index in [-0.39, 0.29) is 30.4 Å². The normalized spacial score (nSPS) is 24.3. The number of nitrogens with one attached hydrogen (secondary N) is 2. The van der Waals surface area contributed by atoms with Gasteiger partial charge >= 0.3 is 0 Å². The van der Waals surface area contributed by atoms with Gasteiger partial charge in [0, 0.05) is 11.6 Å². The molecule has 1 amide bonds. The van der Waals surface area contributed by atoms with E-state index in [9.17, 15) is 4.79 Å². The van der Waals surface area contributed by atoms with E-state index >= 15 is 0 Å². The monoisotopic (exact) mass is 303 g/mol. The second-order valence-electron chi connectivity index (χ2n) is 4.98. The van der Waals surface area contributed by atoms with Crippen LogP contribution in [0, 0.1) is 5.92 Å². The maximum atomic E-state index is 12.2. The lowest BCUT2D eigenvalue weighted by atomic mass is 9.94. The highest BCUT2D eigenvalue weighted by molar-refractivity contribution is 7.09. The first-order valence-electron chi connectivity index (χ1n) is 6.63. The molecule has 3 atom stereocenters. The van der Waals surface area contributed by atoms with E-state index in [0.717, 1.165) is 30.8 Å². The fourth-order valence-corrected chi connectivity index (χ4v) is 3.10. The average Bonchev–Trinajstić information content (AvgIpc) is 2.89. The van der Waals surface area contributed by atoms with Gasteiger partial charge in [0.15, 0.2) is 0 Å². The van der Waals surface area contributed by atoms with Crippen LogP contribution in [0.2, 0.25) is 0 Å². The summed E-state index contributed by atoms with van der Waals surface area (Å²) >= 11 is 1.60. The first-order chi connectivity index (χ1) is 8.70. The van der Waals surface area contributed by atoms with E-state index in [1.54, 1.807) is 17.5 Å². The van der Waals surface area contributed by atoms with E-state index in [4.69, 9.17) is 0 Å². The van der Waals surface area contributed by atoms with Crippen LogP contribution in [0.1, 0.15) is 44.2 Å². The van der Waals surface area contributed by atoms with Crippen molar-refractivity contribution in [3.05, 3.63) is 16.6 Å². The molecule has 6 heteroatoms. The predicted molar refractivity (Wildman–Crippen MR) is 80.7 cm³/mol. The minimum atomic E-state index is -0.0391. The van der Waals surface area contributed by atoms with Crippen molar-refractivity contribution in [1.82, 2.24) is 15.6 Å². The number of amides is 1. The third-order valence-electron chi connectivity index (χ3n) is 3.46. The molecule has 1 aliphatic rings. The number of carbonyl (C=O) groups excluding carboxylic acids is 1. The smallest absolute Gasteiger partial charge is 0.237 e. The molecule has 0 aromatic carbocycles. The summed E-state index contributed by atoms with van der Waals surface area (Å²) in [5, 5.41) is 9.35. The van der Waals surface area contributed by atoms with Gasteiger partial charge in [-0.1, -0.05) is 13.8 Å². The molecule has 4 nitrogen and oxygen atoms in total. The Kier molecular flexibility index (Phi) is 6.75. The SMILES string of the molecule is CCC(NC(=O)C1CC(C)CCN1)c1nccs1.Cl. The summed E-state index contributed by atoms with van der Waals surface area (Å²) in [6.07, 6.45) is 4.75. The lowest BCUT2D eigenvalue weighted by Crippen LogP contribution is -2.49. The molecule has 0 spiro atoms. The molecule has 0 radical (unpaired) electrons. The highest BCUT2D eigenvalue weighted by Gasteiger charge is 2.26. The van der Waals surface area contributed by atoms with Crippen molar-refractivity contribution >= 4 is 29.7 Å². The Bertz CT molecular complexity index is 385. The number of piperidine rings is 1. The van der Waals surface area contributed by atoms with Crippen molar-refractivity contribution in [2.45, 2.75) is 45.2 Å². The molecule has 0 aliphatic carbocycles. The van der Waals surface area contributed by atoms with Crippen LogP contribution in [0.15, 0.2) is 11.6 Å². The van der Waals surface area contributed by atoms with E-state index in [0.29, 0.717) is 5.92 Å². The zero-order valence-corrected chi connectivity index (χ0v) is 13.0. The van der Waals surface area contributed by atoms with Gasteiger partial charge < -0.3 is 10.6 Å². The van der Waals surface area contributed by atoms with Crippen molar-refractivity contribution < 1.29 is 4.79 Å². The molecule has 1 fully saturated rings. The van der Waals surface area contributed by atoms with Gasteiger partial charge in [-0.2, -0.15) is 0 Å². The molecule has 1 aliphatic heterocycles. The van der Waals surface area contributed by atoms with Crippen LogP contribution in [0.3, 0.4) is 0 Å². The minimum Gasteiger partial charge on any atom is -0.346 e. The summed E-state index contributed by atoms with van der Waals surface area (Å²) in [4.78, 5) is 16.5. The van der Waals surface area contributed by atoms with Crippen LogP contribution < -0.4 is 10.6 Å². The van der Waals surface area contributed by atoms with Crippen LogP contribution >= 0.6 is 23.7 Å². The molecule has 0 bridgehead atoms. The highest BCUT2D eigenvalue weighted by Crippen LogP contribution is 2.20. The molecular weight excluding hydrogens is 282 g/mol. The molecule has 1 aromatic heterocycles. The maximum absolute atomic E-state index is 12.2. The van der Waals surface area contributed by atoms with Crippen molar-refractivity contribution in [1.29, 1.82) is 0 Å². The van der Waals surface area contributed by atoms with Gasteiger partial charge in [0.2, 0.25) is 5.91 Å². The predicted octanol–water partition coefficient (Wildman–Crippen LogP) is 2.52. The van der Waals surface area contributed by atoms with Crippen LogP contribution in [0.4, 0.5) is 0 Å². The van der Waals surface area contributed by atoms with Gasteiger partial charge in [-0.25, -0.2) is 4.98 Å². The second kappa shape index (κ2) is 7.82. The molecule has 0 saturated carbocycles. The molecular formula is C13H22ClN3OS. The standard InChI is InChI=1S/C13H21N3OS.ClH/c1-3-10(13-15-6-7-18-13)16-12(17)11-8-9(2)4-5-14-11;/h6-7,9-11,14H,3-5,8H2,1-2H3,(H,16,17);1H. The maximum Gasteiger partial charge on any atom is 0.237 e. The molecule has 1 aromatic rings. The molecule has 1 saturated heterocycles. The number of hydrogen-bond acceptors (Lipinski definition) is 4. The zero-order chi connectivity index (χ0) is 13.0. The zero-order valence-electron chi connectivity index (χ0n) is 11.4. The van der Waals surface area contributed by atoms with Crippen molar-refractivity contribution in [2.24, 2.45) is 5.92 Å². The van der Waals surface area contributed by atoms with E-state index in [2.05, 4.69) is 29.5 Å². The third-order valence-corrected chi connectivity index (χ3v) is 4.35. The molecule has 3 unspecified atom stereocenters. The molecule has 19 heavy (non-hydrogen) atoms. The Labute approximate surface area is 124 Å². The summed E-state index contributed by atoms with van der Waals surface area (Å²) in [6.45, 7) is 5.22. The van der Waals surface area contributed by atoms with Crippen molar-refractivity contribution in [3.8, 4) is 0 Å². The van der Waals surface area contributed by atoms with E-state index in [1.165, 1.54) is 0 Å². The summed E-state index contributed by atoms with van der Waals surface area (Å²) in [7, 11) is 0. The second-order valence-corrected chi connectivity index (χ2v) is 5.90. The van der Waals surface area contributed by atoms with Gasteiger partial charge in [-0.3, -0.25) is 4.79 Å². The number of aromatic nitrogens is 1. The van der Waals surface area contributed by atoms with Crippen molar-refractivity contribution in [2.75, 3.05) is 6.54 Å². The number of carbonyl (C=O) groups is 1. The van der Waals surface area contributed by atoms with E-state index in [1.807, 2.05) is 5.38 Å². The van der Waals surface area contributed by atoms with Crippen LogP contribution in [-0.4, -0.2) is 23.5 Å². The van der Waals surface area contributed by atoms with Crippen LogP contribution in [0.25, 0.3) is 0 Å². The summed E-state index contributed by atoms with van der Waals surface area (Å²) in [5.41, 5.74) is 0. The Morgan fingerprint density at radius 3 is 3.05 bits per heavy atom. The molecule has 108 valence electrons. The Balaban J connectivity index is 0.00000180. The lowest BCUT2D eigenvalue weighted by Gasteiger charge is -2.28. The van der Waals surface area contributed by atoms with Gasteiger partial charge in [0.05, 0.1) is 12.1 Å². The first kappa shape index (κ1) is 16.4. The van der Waals surface area contributed by atoms with E-state index < -0.39 is 0 Å². The topological polar surface area (TPSA) is 54.0 Å². The van der Waals surface area contributed by atoms with Crippen LogP contribution in [-0.2, 0) is 4.79 Å². The van der Waals surface area contributed by atoms with Gasteiger partial charge in [0.25, 0.3) is 0 Å². The van der Waals surface area contributed by atoms with Crippen LogP contribution in [0.5, 0.6) is 0 Å². The third kappa shape index (κ3) is 4.44. The molecule has 2 heterocycles. The summed E-state index contributed by atoms with van der Waals surface area (Å²) in [6, 6.07) is 0.0132. The average molecular weight is 304 g/mol. The summed E-state index contributed by atoms with van der Waals surface area (Å²) < 4.78 is 0. The number of halogens is 1. The lowest BCUT2D eigenvalue weighted by molar-refractivity contribution is -0.124. The Morgan fingerprint density at radius 1 is 1.68 bits per heavy atom. The fraction of sp³-hybridized carbons (Fsp3) is 0.692. The quantitative estimate of drug-likeness (QED) is 0.898. The number of thiazole rings is 1. The molecule has 2 rings (SSSR count). The summed E-state index contributed by atoms with van der Waals surface area (Å²) in [5.74, 6) is 0.741. The number of hydrogen-bond donors (Lipinski definition) is 2. The van der Waals surface area contributed by atoms with Gasteiger partial charge in [-0.15, -0.1) is 23.7 Å². The first-order valence-corrected chi connectivity index (χ1v) is 7.51. The Morgan fingerprint density at radius 2 is 2.47 bits per heavy atom. The Hall–Kier alpha value is -0.650. The largest absolute Gasteiger partial charge is 0.346 e. The fourth-order valence-electron chi connectivity index (χ4n) is 2.32. The van der Waals surface area contributed by atoms with Gasteiger partial charge in [0.1, 0.15) is 5.01 Å².